The van der Waals surface area contributed by atoms with Gasteiger partial charge < -0.3 is 5.73 Å². The number of pyridine rings is 1. The van der Waals surface area contributed by atoms with E-state index < -0.39 is 0 Å². The monoisotopic (exact) mass is 256 g/mol. The van der Waals surface area contributed by atoms with E-state index in [1.165, 1.54) is 11.5 Å². The molecule has 1 unspecified atom stereocenters. The first-order valence-electron chi connectivity index (χ1n) is 4.69. The molecule has 0 fully saturated rings. The van der Waals surface area contributed by atoms with Crippen LogP contribution in [0.15, 0.2) is 18.3 Å². The average molecular weight is 257 g/mol. The molecular formula is C10H13ClN4S. The smallest absolute Gasteiger partial charge is 0.173 e. The van der Waals surface area contributed by atoms with E-state index >= 15 is 0 Å². The second-order valence-electron chi connectivity index (χ2n) is 3.43. The first-order chi connectivity index (χ1) is 7.16. The van der Waals surface area contributed by atoms with Gasteiger partial charge >= 0.3 is 0 Å². The van der Waals surface area contributed by atoms with Crippen molar-refractivity contribution in [2.24, 2.45) is 5.73 Å². The first kappa shape index (κ1) is 13.0. The largest absolute Gasteiger partial charge is 0.322 e. The summed E-state index contributed by atoms with van der Waals surface area (Å²) in [6.07, 6.45) is 1.76. The number of aryl methyl sites for hydroxylation is 1. The summed E-state index contributed by atoms with van der Waals surface area (Å²) in [4.78, 5) is 8.51. The van der Waals surface area contributed by atoms with Gasteiger partial charge in [0.2, 0.25) is 0 Å². The number of halogens is 1. The van der Waals surface area contributed by atoms with Crippen molar-refractivity contribution in [2.45, 2.75) is 19.9 Å². The minimum Gasteiger partial charge on any atom is -0.322 e. The minimum absolute atomic E-state index is 0. The van der Waals surface area contributed by atoms with Crippen molar-refractivity contribution in [1.82, 2.24) is 14.3 Å². The second-order valence-corrected chi connectivity index (χ2v) is 4.21. The van der Waals surface area contributed by atoms with E-state index in [1.54, 1.807) is 6.20 Å². The van der Waals surface area contributed by atoms with Gasteiger partial charge in [0.25, 0.3) is 0 Å². The molecule has 0 aliphatic rings. The number of aromatic nitrogens is 3. The van der Waals surface area contributed by atoms with E-state index in [1.807, 2.05) is 26.0 Å². The standard InChI is InChI=1S/C10H12N4S.ClH/c1-6-5-8(3-4-12-6)9-13-10(7(2)11)15-14-9;/h3-5,7H,11H2,1-2H3;1H. The fraction of sp³-hybridized carbons (Fsp3) is 0.300. The normalized spacial score (nSPS) is 11.9. The van der Waals surface area contributed by atoms with Gasteiger partial charge in [0, 0.05) is 17.5 Å². The lowest BCUT2D eigenvalue weighted by atomic mass is 10.2. The maximum atomic E-state index is 5.73. The summed E-state index contributed by atoms with van der Waals surface area (Å²) in [5.74, 6) is 0.734. The third kappa shape index (κ3) is 2.75. The number of nitrogens with two attached hydrogens (primary N) is 1. The van der Waals surface area contributed by atoms with E-state index in [4.69, 9.17) is 5.73 Å². The highest BCUT2D eigenvalue weighted by atomic mass is 35.5. The second kappa shape index (κ2) is 5.34. The molecule has 0 aliphatic carbocycles. The van der Waals surface area contributed by atoms with Gasteiger partial charge in [0.05, 0.1) is 6.04 Å². The lowest BCUT2D eigenvalue weighted by molar-refractivity contribution is 0.807. The van der Waals surface area contributed by atoms with Gasteiger partial charge in [-0.2, -0.15) is 4.37 Å². The lowest BCUT2D eigenvalue weighted by Crippen LogP contribution is -2.03. The summed E-state index contributed by atoms with van der Waals surface area (Å²) < 4.78 is 4.27. The molecule has 0 aliphatic heterocycles. The highest BCUT2D eigenvalue weighted by molar-refractivity contribution is 7.05. The molecule has 16 heavy (non-hydrogen) atoms. The molecule has 86 valence electrons. The van der Waals surface area contributed by atoms with E-state index in [9.17, 15) is 0 Å². The molecule has 0 saturated heterocycles. The Morgan fingerprint density at radius 1 is 1.44 bits per heavy atom. The Balaban J connectivity index is 0.00000128. The Bertz CT molecular complexity index is 469. The predicted octanol–water partition coefficient (Wildman–Crippen LogP) is 2.35. The van der Waals surface area contributed by atoms with Crippen molar-refractivity contribution < 1.29 is 0 Å². The van der Waals surface area contributed by atoms with Gasteiger partial charge in [-0.25, -0.2) is 4.98 Å². The van der Waals surface area contributed by atoms with Crippen molar-refractivity contribution in [3.05, 3.63) is 29.0 Å². The van der Waals surface area contributed by atoms with Crippen LogP contribution in [0.1, 0.15) is 23.7 Å². The number of rotatable bonds is 2. The summed E-state index contributed by atoms with van der Waals surface area (Å²) in [5, 5.41) is 0.861. The molecular weight excluding hydrogens is 244 g/mol. The third-order valence-corrected chi connectivity index (χ3v) is 2.90. The molecule has 0 saturated carbocycles. The van der Waals surface area contributed by atoms with Crippen LogP contribution in [-0.2, 0) is 0 Å². The summed E-state index contributed by atoms with van der Waals surface area (Å²) in [6, 6.07) is 3.81. The van der Waals surface area contributed by atoms with Gasteiger partial charge in [0.1, 0.15) is 5.01 Å². The molecule has 2 heterocycles. The van der Waals surface area contributed by atoms with Crippen LogP contribution in [0.3, 0.4) is 0 Å². The van der Waals surface area contributed by atoms with Crippen molar-refractivity contribution in [1.29, 1.82) is 0 Å². The molecule has 4 nitrogen and oxygen atoms in total. The number of hydrogen-bond acceptors (Lipinski definition) is 5. The molecule has 1 atom stereocenters. The molecule has 0 aromatic carbocycles. The Morgan fingerprint density at radius 3 is 2.75 bits per heavy atom. The molecule has 6 heteroatoms. The topological polar surface area (TPSA) is 64.7 Å². The van der Waals surface area contributed by atoms with Crippen LogP contribution in [0.2, 0.25) is 0 Å². The van der Waals surface area contributed by atoms with Crippen LogP contribution in [0, 0.1) is 6.92 Å². The van der Waals surface area contributed by atoms with Crippen LogP contribution in [-0.4, -0.2) is 14.3 Å². The zero-order valence-corrected chi connectivity index (χ0v) is 10.7. The summed E-state index contributed by atoms with van der Waals surface area (Å²) >= 11 is 1.35. The van der Waals surface area contributed by atoms with Gasteiger partial charge in [-0.3, -0.25) is 4.98 Å². The zero-order valence-electron chi connectivity index (χ0n) is 9.04. The summed E-state index contributed by atoms with van der Waals surface area (Å²) in [5.41, 5.74) is 7.68. The van der Waals surface area contributed by atoms with Crippen LogP contribution in [0.4, 0.5) is 0 Å². The van der Waals surface area contributed by atoms with Crippen molar-refractivity contribution >= 4 is 23.9 Å². The van der Waals surface area contributed by atoms with Crippen molar-refractivity contribution in [2.75, 3.05) is 0 Å². The first-order valence-corrected chi connectivity index (χ1v) is 5.46. The molecule has 0 bridgehead atoms. The van der Waals surface area contributed by atoms with Crippen LogP contribution in [0.5, 0.6) is 0 Å². The Hall–Kier alpha value is -1.04. The Labute approximate surface area is 105 Å². The molecule has 0 amide bonds. The number of hydrogen-bond donors (Lipinski definition) is 1. The van der Waals surface area contributed by atoms with Crippen molar-refractivity contribution in [3.8, 4) is 11.4 Å². The Morgan fingerprint density at radius 2 is 2.19 bits per heavy atom. The maximum Gasteiger partial charge on any atom is 0.173 e. The van der Waals surface area contributed by atoms with E-state index in [0.29, 0.717) is 0 Å². The number of nitrogens with zero attached hydrogens (tertiary/aromatic N) is 3. The molecule has 2 N–H and O–H groups in total. The third-order valence-electron chi connectivity index (χ3n) is 1.99. The molecule has 2 rings (SSSR count). The van der Waals surface area contributed by atoms with E-state index in [0.717, 1.165) is 22.1 Å². The summed E-state index contributed by atoms with van der Waals surface area (Å²) in [6.45, 7) is 3.85. The zero-order chi connectivity index (χ0) is 10.8. The minimum atomic E-state index is -0.0563. The summed E-state index contributed by atoms with van der Waals surface area (Å²) in [7, 11) is 0. The SMILES string of the molecule is Cc1cc(-c2nsc(C(C)N)n2)ccn1.Cl. The predicted molar refractivity (Wildman–Crippen MR) is 67.7 cm³/mol. The molecule has 0 spiro atoms. The fourth-order valence-electron chi connectivity index (χ4n) is 1.22. The van der Waals surface area contributed by atoms with E-state index in [2.05, 4.69) is 14.3 Å². The highest BCUT2D eigenvalue weighted by Gasteiger charge is 2.09. The Kier molecular flexibility index (Phi) is 4.35. The van der Waals surface area contributed by atoms with E-state index in [-0.39, 0.29) is 18.4 Å². The fourth-order valence-corrected chi connectivity index (χ4v) is 1.84. The highest BCUT2D eigenvalue weighted by Crippen LogP contribution is 2.20. The molecule has 2 aromatic heterocycles. The van der Waals surface area contributed by atoms with Crippen LogP contribution >= 0.6 is 23.9 Å². The molecule has 2 aromatic rings. The van der Waals surface area contributed by atoms with Crippen LogP contribution in [0.25, 0.3) is 11.4 Å². The van der Waals surface area contributed by atoms with Gasteiger partial charge in [-0.15, -0.1) is 12.4 Å². The van der Waals surface area contributed by atoms with Gasteiger partial charge in [-0.05, 0) is 37.5 Å². The lowest BCUT2D eigenvalue weighted by Gasteiger charge is -1.97. The van der Waals surface area contributed by atoms with Crippen molar-refractivity contribution in [3.63, 3.8) is 0 Å². The van der Waals surface area contributed by atoms with Crippen LogP contribution < -0.4 is 5.73 Å². The average Bonchev–Trinajstić information content (AvgIpc) is 2.66. The van der Waals surface area contributed by atoms with Gasteiger partial charge in [0.15, 0.2) is 5.82 Å². The maximum absolute atomic E-state index is 5.73. The van der Waals surface area contributed by atoms with Gasteiger partial charge in [-0.1, -0.05) is 0 Å². The molecule has 0 radical (unpaired) electrons. The quantitative estimate of drug-likeness (QED) is 0.896.